The number of aliphatic hydroxyl groups is 2. The summed E-state index contributed by atoms with van der Waals surface area (Å²) in [6, 6.07) is 0. The smallest absolute Gasteiger partial charge is 0.513 e. The van der Waals surface area contributed by atoms with Gasteiger partial charge < -0.3 is 25.1 Å². The first-order valence-electron chi connectivity index (χ1n) is 5.68. The molecule has 0 saturated heterocycles. The Kier molecular flexibility index (Phi) is 21.8. The molecule has 119 valence electrons. The van der Waals surface area contributed by atoms with Crippen molar-refractivity contribution >= 4 is 11.4 Å². The van der Waals surface area contributed by atoms with E-state index in [1.807, 2.05) is 13.8 Å². The molecule has 0 amide bonds. The average Bonchev–Trinajstić information content (AvgIpc) is 2.14. The first-order valence-corrected chi connectivity index (χ1v) is 5.68. The normalized spacial score (nSPS) is 13.0. The summed E-state index contributed by atoms with van der Waals surface area (Å²) >= 11 is 0. The van der Waals surface area contributed by atoms with Crippen molar-refractivity contribution < 1.29 is 27.0 Å². The van der Waals surface area contributed by atoms with Gasteiger partial charge in [0.25, 0.3) is 0 Å². The number of nitrogens with zero attached hydrogens (tertiary/aromatic N) is 2. The molecule has 0 fully saturated rings. The van der Waals surface area contributed by atoms with Crippen LogP contribution in [0.25, 0.3) is 0 Å². The summed E-state index contributed by atoms with van der Waals surface area (Å²) in [5.74, 6) is 0.535. The van der Waals surface area contributed by atoms with E-state index < -0.39 is 0 Å². The Morgan fingerprint density at radius 1 is 0.800 bits per heavy atom. The van der Waals surface area contributed by atoms with Crippen LogP contribution in [0.15, 0.2) is 33.7 Å². The van der Waals surface area contributed by atoms with Gasteiger partial charge in [0, 0.05) is 24.5 Å². The van der Waals surface area contributed by atoms with Gasteiger partial charge in [0.1, 0.15) is 0 Å². The number of aliphatic imine (C=N–C) groups is 2. The maximum absolute atomic E-state index is 9.01. The van der Waals surface area contributed by atoms with Gasteiger partial charge in [0.2, 0.25) is 0 Å². The summed E-state index contributed by atoms with van der Waals surface area (Å²) in [5, 5.41) is 18.0. The van der Waals surface area contributed by atoms with E-state index in [2.05, 4.69) is 9.98 Å². The van der Waals surface area contributed by atoms with Crippen molar-refractivity contribution in [2.45, 2.75) is 34.1 Å². The van der Waals surface area contributed by atoms with Crippen LogP contribution in [0, 0.1) is 14.9 Å². The van der Waals surface area contributed by atoms with E-state index >= 15 is 0 Å². The number of hydrogen-bond donors (Lipinski definition) is 2. The molecule has 0 rings (SSSR count). The maximum atomic E-state index is 9.01. The summed E-state index contributed by atoms with van der Waals surface area (Å²) < 4.78 is 0. The Morgan fingerprint density at radius 3 is 1.35 bits per heavy atom. The fourth-order valence-corrected chi connectivity index (χ4v) is 1.28. The van der Waals surface area contributed by atoms with E-state index in [1.165, 1.54) is 0 Å². The summed E-state index contributed by atoms with van der Waals surface area (Å²) in [5.41, 5.74) is 1.63. The van der Waals surface area contributed by atoms with Crippen molar-refractivity contribution in [3.63, 3.8) is 0 Å². The van der Waals surface area contributed by atoms with Crippen molar-refractivity contribution in [1.29, 1.82) is 0 Å². The molecule has 0 aliphatic heterocycles. The predicted octanol–water partition coefficient (Wildman–Crippen LogP) is 4.12. The number of allylic oxidation sites excluding steroid dienone is 4. The average molecular weight is 327 g/mol. The van der Waals surface area contributed by atoms with E-state index in [0.717, 1.165) is 17.8 Å². The second kappa shape index (κ2) is 16.0. The summed E-state index contributed by atoms with van der Waals surface area (Å²) in [4.78, 5) is 8.54. The third kappa shape index (κ3) is 19.3. The third-order valence-electron chi connectivity index (χ3n) is 1.87. The van der Waals surface area contributed by atoms with Gasteiger partial charge in [-0.3, -0.25) is 9.98 Å². The molecule has 5 heteroatoms. The van der Waals surface area contributed by atoms with Crippen LogP contribution in [0.4, 0.5) is 0 Å². The van der Waals surface area contributed by atoms with Gasteiger partial charge in [0.15, 0.2) is 0 Å². The molecule has 0 atom stereocenters. The Hall–Kier alpha value is -1.07. The molecule has 0 heterocycles. The molecule has 1 radical (unpaired) electrons. The third-order valence-corrected chi connectivity index (χ3v) is 1.87. The van der Waals surface area contributed by atoms with Gasteiger partial charge in [-0.1, -0.05) is 0 Å². The molecule has 0 aliphatic rings. The van der Waals surface area contributed by atoms with Crippen LogP contribution in [-0.2, 0) is 16.8 Å². The summed E-state index contributed by atoms with van der Waals surface area (Å²) in [6.07, 6.45) is 4.12. The molecule has 0 saturated carbocycles. The molecule has 0 aromatic rings. The van der Waals surface area contributed by atoms with Crippen molar-refractivity contribution in [2.24, 2.45) is 9.98 Å². The van der Waals surface area contributed by atoms with E-state index in [1.54, 1.807) is 26.0 Å². The van der Waals surface area contributed by atoms with E-state index in [-0.39, 0.29) is 43.2 Å². The molecular weight excluding hydrogens is 299 g/mol. The van der Waals surface area contributed by atoms with Crippen LogP contribution >= 0.6 is 0 Å². The molecule has 0 aliphatic carbocycles. The monoisotopic (exact) mass is 327 g/mol. The first kappa shape index (κ1) is 27.3. The minimum absolute atomic E-state index is 0. The van der Waals surface area contributed by atoms with Gasteiger partial charge in [-0.05, 0) is 46.3 Å². The van der Waals surface area contributed by atoms with Gasteiger partial charge in [-0.15, -0.1) is 0 Å². The van der Waals surface area contributed by atoms with Crippen LogP contribution in [0.3, 0.4) is 0 Å². The predicted molar refractivity (Wildman–Crippen MR) is 86.2 cm³/mol. The van der Waals surface area contributed by atoms with Crippen LogP contribution in [0.5, 0.6) is 0 Å². The Bertz CT molecular complexity index is 317. The fraction of sp³-hybridized carbons (Fsp3) is 0.467. The molecule has 20 heavy (non-hydrogen) atoms. The minimum atomic E-state index is 0. The van der Waals surface area contributed by atoms with Gasteiger partial charge in [-0.2, -0.15) is 0 Å². The zero-order chi connectivity index (χ0) is 13.3. The zero-order valence-electron chi connectivity index (χ0n) is 13.4. The van der Waals surface area contributed by atoms with E-state index in [4.69, 9.17) is 10.2 Å². The van der Waals surface area contributed by atoms with Crippen LogP contribution < -0.4 is 0 Å². The largest absolute Gasteiger partial charge is 2.00 e. The van der Waals surface area contributed by atoms with Crippen molar-refractivity contribution in [3.8, 4) is 0 Å². The molecule has 0 aromatic heterocycles. The second-order valence-corrected chi connectivity index (χ2v) is 3.97. The molecule has 0 unspecified atom stereocenters. The fourth-order valence-electron chi connectivity index (χ4n) is 1.28. The number of rotatable bonds is 6. The zero-order valence-corrected chi connectivity index (χ0v) is 14.4. The Labute approximate surface area is 134 Å². The van der Waals surface area contributed by atoms with Crippen molar-refractivity contribution in [2.75, 3.05) is 13.1 Å². The van der Waals surface area contributed by atoms with Gasteiger partial charge in [0.05, 0.1) is 11.5 Å². The van der Waals surface area contributed by atoms with Crippen LogP contribution in [0.2, 0.25) is 0 Å². The molecule has 0 bridgehead atoms. The molecular formula is C15H28CoN2O2. The molecule has 2 N–H and O–H groups in total. The Morgan fingerprint density at radius 2 is 1.10 bits per heavy atom. The van der Waals surface area contributed by atoms with Crippen molar-refractivity contribution in [3.05, 3.63) is 38.5 Å². The van der Waals surface area contributed by atoms with Gasteiger partial charge in [-0.25, -0.2) is 0 Å². The van der Waals surface area contributed by atoms with Crippen molar-refractivity contribution in [1.82, 2.24) is 0 Å². The van der Waals surface area contributed by atoms with Gasteiger partial charge >= 0.3 is 16.8 Å². The summed E-state index contributed by atoms with van der Waals surface area (Å²) in [6.45, 7) is 8.33. The standard InChI is InChI=1S/C13H22N2O2.2CH3.Co/c1-10(8-12(3)16)14-6-5-7-15-11(2)9-13(4)17;;;/h8-9,16-17H,5-7H2,1-4H3;2*1H3;/q;2*-1;+2/b12-8-,13-9-,14-10?,15-11?;;;. The number of hydrogen-bond acceptors (Lipinski definition) is 4. The van der Waals surface area contributed by atoms with Crippen LogP contribution in [-0.4, -0.2) is 34.7 Å². The Balaban J connectivity index is -0.000000427. The van der Waals surface area contributed by atoms with E-state index in [9.17, 15) is 0 Å². The van der Waals surface area contributed by atoms with Crippen LogP contribution in [0.1, 0.15) is 34.1 Å². The summed E-state index contributed by atoms with van der Waals surface area (Å²) in [7, 11) is 0. The quantitative estimate of drug-likeness (QED) is 0.333. The first-order chi connectivity index (χ1) is 7.91. The SMILES string of the molecule is CC(/C=C(/C)O)=NCCCN=C(C)/C=C(/C)O.[CH3-].[CH3-].[Co+2]. The molecule has 0 spiro atoms. The minimum Gasteiger partial charge on any atom is -0.513 e. The second-order valence-electron chi connectivity index (χ2n) is 3.97. The maximum Gasteiger partial charge on any atom is 2.00 e. The van der Waals surface area contributed by atoms with E-state index in [0.29, 0.717) is 13.1 Å². The molecule has 4 nitrogen and oxygen atoms in total. The number of aliphatic hydroxyl groups excluding tert-OH is 2. The molecule has 0 aromatic carbocycles. The topological polar surface area (TPSA) is 65.2 Å².